The molecule has 1 unspecified atom stereocenters. The first kappa shape index (κ1) is 13.4. The minimum absolute atomic E-state index is 0.0162. The lowest BCUT2D eigenvalue weighted by molar-refractivity contribution is -0.121. The average molecular weight is 276 g/mol. The molecule has 3 N–H and O–H groups in total. The standard InChI is InChI=1S/C16H21FN2O/c1-9(14(10-5-6-10)11-7-8-11)16(20)19-13-4-2-3-12(17)15(13)18/h2-4,9-11,14H,5-8,18H2,1H3,(H,19,20). The number of hydrogen-bond donors (Lipinski definition) is 2. The molecule has 108 valence electrons. The van der Waals surface area contributed by atoms with Crippen molar-refractivity contribution in [1.82, 2.24) is 0 Å². The van der Waals surface area contributed by atoms with E-state index in [0.717, 1.165) is 0 Å². The van der Waals surface area contributed by atoms with Crippen LogP contribution in [0.4, 0.5) is 15.8 Å². The summed E-state index contributed by atoms with van der Waals surface area (Å²) < 4.78 is 13.4. The van der Waals surface area contributed by atoms with E-state index in [2.05, 4.69) is 5.32 Å². The number of halogens is 1. The number of rotatable bonds is 5. The van der Waals surface area contributed by atoms with Crippen LogP contribution in [-0.4, -0.2) is 5.91 Å². The molecule has 0 aliphatic heterocycles. The summed E-state index contributed by atoms with van der Waals surface area (Å²) in [7, 11) is 0. The summed E-state index contributed by atoms with van der Waals surface area (Å²) in [6.07, 6.45) is 5.00. The van der Waals surface area contributed by atoms with Crippen LogP contribution in [0.25, 0.3) is 0 Å². The Morgan fingerprint density at radius 1 is 1.30 bits per heavy atom. The van der Waals surface area contributed by atoms with E-state index in [1.165, 1.54) is 31.7 Å². The molecule has 20 heavy (non-hydrogen) atoms. The molecular weight excluding hydrogens is 255 g/mol. The second-order valence-corrected chi connectivity index (χ2v) is 6.23. The number of nitrogens with two attached hydrogens (primary N) is 1. The molecule has 2 aliphatic rings. The zero-order valence-electron chi connectivity index (χ0n) is 11.7. The van der Waals surface area contributed by atoms with Crippen LogP contribution in [0.1, 0.15) is 32.6 Å². The summed E-state index contributed by atoms with van der Waals surface area (Å²) in [4.78, 5) is 12.4. The van der Waals surface area contributed by atoms with E-state index < -0.39 is 5.82 Å². The molecule has 3 rings (SSSR count). The van der Waals surface area contributed by atoms with E-state index in [4.69, 9.17) is 5.73 Å². The Labute approximate surface area is 118 Å². The molecule has 2 aliphatic carbocycles. The lowest BCUT2D eigenvalue weighted by Crippen LogP contribution is -2.29. The predicted octanol–water partition coefficient (Wildman–Crippen LogP) is 3.42. The van der Waals surface area contributed by atoms with E-state index in [1.54, 1.807) is 12.1 Å². The van der Waals surface area contributed by atoms with Crippen LogP contribution in [0.2, 0.25) is 0 Å². The Bertz CT molecular complexity index is 511. The van der Waals surface area contributed by atoms with Crippen molar-refractivity contribution in [2.45, 2.75) is 32.6 Å². The van der Waals surface area contributed by atoms with E-state index in [-0.39, 0.29) is 17.5 Å². The lowest BCUT2D eigenvalue weighted by Gasteiger charge is -2.23. The zero-order chi connectivity index (χ0) is 14.3. The van der Waals surface area contributed by atoms with Gasteiger partial charge in [-0.15, -0.1) is 0 Å². The van der Waals surface area contributed by atoms with Crippen LogP contribution in [0, 0.1) is 29.5 Å². The van der Waals surface area contributed by atoms with Gasteiger partial charge in [-0.25, -0.2) is 4.39 Å². The minimum atomic E-state index is -0.489. The van der Waals surface area contributed by atoms with Gasteiger partial charge < -0.3 is 11.1 Å². The van der Waals surface area contributed by atoms with Gasteiger partial charge in [-0.2, -0.15) is 0 Å². The Balaban J connectivity index is 1.70. The molecular formula is C16H21FN2O. The van der Waals surface area contributed by atoms with Crippen molar-refractivity contribution in [3.63, 3.8) is 0 Å². The van der Waals surface area contributed by atoms with E-state index in [0.29, 0.717) is 23.4 Å². The predicted molar refractivity (Wildman–Crippen MR) is 77.5 cm³/mol. The first-order valence-electron chi connectivity index (χ1n) is 7.42. The fraction of sp³-hybridized carbons (Fsp3) is 0.562. The van der Waals surface area contributed by atoms with Gasteiger partial charge in [-0.3, -0.25) is 4.79 Å². The maximum Gasteiger partial charge on any atom is 0.227 e. The summed E-state index contributed by atoms with van der Waals surface area (Å²) in [5.41, 5.74) is 6.06. The fourth-order valence-electron chi connectivity index (χ4n) is 3.23. The quantitative estimate of drug-likeness (QED) is 0.810. The molecule has 1 amide bonds. The molecule has 1 aromatic rings. The van der Waals surface area contributed by atoms with E-state index >= 15 is 0 Å². The van der Waals surface area contributed by atoms with Gasteiger partial charge in [0, 0.05) is 5.92 Å². The number of hydrogen-bond acceptors (Lipinski definition) is 2. The average Bonchev–Trinajstić information content (AvgIpc) is 3.28. The first-order chi connectivity index (χ1) is 9.58. The third kappa shape index (κ3) is 2.65. The normalized spacial score (nSPS) is 19.9. The van der Waals surface area contributed by atoms with Gasteiger partial charge in [-0.1, -0.05) is 13.0 Å². The maximum atomic E-state index is 13.4. The molecule has 4 heteroatoms. The Hall–Kier alpha value is -1.58. The molecule has 0 spiro atoms. The summed E-state index contributed by atoms with van der Waals surface area (Å²) in [5, 5.41) is 2.79. The zero-order valence-corrected chi connectivity index (χ0v) is 11.7. The monoisotopic (exact) mass is 276 g/mol. The van der Waals surface area contributed by atoms with E-state index in [9.17, 15) is 9.18 Å². The van der Waals surface area contributed by atoms with Gasteiger partial charge in [0.1, 0.15) is 5.82 Å². The number of amides is 1. The molecule has 0 radical (unpaired) electrons. The van der Waals surface area contributed by atoms with Crippen LogP contribution < -0.4 is 11.1 Å². The highest BCUT2D eigenvalue weighted by atomic mass is 19.1. The molecule has 2 saturated carbocycles. The highest BCUT2D eigenvalue weighted by molar-refractivity contribution is 5.95. The van der Waals surface area contributed by atoms with Gasteiger partial charge in [0.15, 0.2) is 0 Å². The maximum absolute atomic E-state index is 13.4. The number of anilines is 2. The summed E-state index contributed by atoms with van der Waals surface area (Å²) in [5.74, 6) is 1.37. The number of nitrogen functional groups attached to an aromatic ring is 1. The van der Waals surface area contributed by atoms with Gasteiger partial charge >= 0.3 is 0 Å². The van der Waals surface area contributed by atoms with Gasteiger partial charge in [0.05, 0.1) is 11.4 Å². The summed E-state index contributed by atoms with van der Waals surface area (Å²) in [6.45, 7) is 1.99. The Morgan fingerprint density at radius 2 is 1.90 bits per heavy atom. The highest BCUT2D eigenvalue weighted by Gasteiger charge is 2.45. The van der Waals surface area contributed by atoms with Gasteiger partial charge in [0.2, 0.25) is 5.91 Å². The van der Waals surface area contributed by atoms with Crippen molar-refractivity contribution in [1.29, 1.82) is 0 Å². The second-order valence-electron chi connectivity index (χ2n) is 6.23. The molecule has 1 atom stereocenters. The molecule has 3 nitrogen and oxygen atoms in total. The van der Waals surface area contributed by atoms with Crippen LogP contribution in [-0.2, 0) is 4.79 Å². The van der Waals surface area contributed by atoms with Crippen molar-refractivity contribution >= 4 is 17.3 Å². The number of para-hydroxylation sites is 1. The van der Waals surface area contributed by atoms with Crippen molar-refractivity contribution in [2.75, 3.05) is 11.1 Å². The molecule has 2 fully saturated rings. The number of benzene rings is 1. The number of nitrogens with one attached hydrogen (secondary N) is 1. The largest absolute Gasteiger partial charge is 0.395 e. The smallest absolute Gasteiger partial charge is 0.227 e. The summed E-state index contributed by atoms with van der Waals surface area (Å²) >= 11 is 0. The van der Waals surface area contributed by atoms with Crippen molar-refractivity contribution in [2.24, 2.45) is 23.7 Å². The molecule has 0 saturated heterocycles. The van der Waals surface area contributed by atoms with Crippen LogP contribution in [0.5, 0.6) is 0 Å². The van der Waals surface area contributed by atoms with Crippen molar-refractivity contribution < 1.29 is 9.18 Å². The van der Waals surface area contributed by atoms with E-state index in [1.807, 2.05) is 6.92 Å². The lowest BCUT2D eigenvalue weighted by atomic mass is 9.84. The Kier molecular flexibility index (Phi) is 3.40. The summed E-state index contributed by atoms with van der Waals surface area (Å²) in [6, 6.07) is 4.50. The van der Waals surface area contributed by atoms with Gasteiger partial charge in [0.25, 0.3) is 0 Å². The minimum Gasteiger partial charge on any atom is -0.395 e. The number of carbonyl (C=O) groups excluding carboxylic acids is 1. The highest BCUT2D eigenvalue weighted by Crippen LogP contribution is 2.52. The molecule has 0 aromatic heterocycles. The topological polar surface area (TPSA) is 55.1 Å². The second kappa shape index (κ2) is 5.08. The SMILES string of the molecule is CC(C(=O)Nc1cccc(F)c1N)C(C1CC1)C1CC1. The third-order valence-corrected chi connectivity index (χ3v) is 4.63. The first-order valence-corrected chi connectivity index (χ1v) is 7.42. The molecule has 0 bridgehead atoms. The van der Waals surface area contributed by atoms with Crippen LogP contribution in [0.15, 0.2) is 18.2 Å². The number of carbonyl (C=O) groups is 1. The van der Waals surface area contributed by atoms with Crippen molar-refractivity contribution in [3.05, 3.63) is 24.0 Å². The van der Waals surface area contributed by atoms with Crippen LogP contribution >= 0.6 is 0 Å². The molecule has 0 heterocycles. The van der Waals surface area contributed by atoms with Crippen molar-refractivity contribution in [3.8, 4) is 0 Å². The third-order valence-electron chi connectivity index (χ3n) is 4.63. The Morgan fingerprint density at radius 3 is 2.45 bits per heavy atom. The molecule has 1 aromatic carbocycles. The fourth-order valence-corrected chi connectivity index (χ4v) is 3.23. The van der Waals surface area contributed by atoms with Gasteiger partial charge in [-0.05, 0) is 55.6 Å². The van der Waals surface area contributed by atoms with Crippen LogP contribution in [0.3, 0.4) is 0 Å².